The molecule has 3 aromatic carbocycles. The highest BCUT2D eigenvalue weighted by molar-refractivity contribution is 6.33. The first-order valence-electron chi connectivity index (χ1n) is 9.60. The van der Waals surface area contributed by atoms with Gasteiger partial charge in [0.1, 0.15) is 23.7 Å². The Balaban J connectivity index is 1.60. The molecule has 0 spiro atoms. The number of carbonyl (C=O) groups is 1. The van der Waals surface area contributed by atoms with Gasteiger partial charge in [-0.25, -0.2) is 4.79 Å². The molecule has 0 saturated carbocycles. The van der Waals surface area contributed by atoms with E-state index in [1.807, 2.05) is 12.1 Å². The van der Waals surface area contributed by atoms with Gasteiger partial charge in [0.2, 0.25) is 5.43 Å². The molecule has 0 atom stereocenters. The lowest BCUT2D eigenvalue weighted by molar-refractivity contribution is 0.0600. The molecule has 31 heavy (non-hydrogen) atoms. The molecule has 1 aromatic heterocycles. The van der Waals surface area contributed by atoms with Crippen LogP contribution in [0.15, 0.2) is 75.9 Å². The molecular formula is C25H19ClO5. The van der Waals surface area contributed by atoms with Gasteiger partial charge in [-0.05, 0) is 42.8 Å². The number of aryl methyl sites for hydroxylation is 1. The van der Waals surface area contributed by atoms with Crippen LogP contribution in [0.2, 0.25) is 5.02 Å². The summed E-state index contributed by atoms with van der Waals surface area (Å²) in [6.07, 6.45) is 0. The first-order valence-corrected chi connectivity index (χ1v) is 9.98. The van der Waals surface area contributed by atoms with E-state index in [1.54, 1.807) is 61.5 Å². The van der Waals surface area contributed by atoms with Gasteiger partial charge in [-0.15, -0.1) is 0 Å². The lowest BCUT2D eigenvalue weighted by Crippen LogP contribution is -2.08. The van der Waals surface area contributed by atoms with Crippen LogP contribution in [0.3, 0.4) is 0 Å². The minimum absolute atomic E-state index is 0.142. The van der Waals surface area contributed by atoms with Crippen LogP contribution in [0, 0.1) is 6.92 Å². The summed E-state index contributed by atoms with van der Waals surface area (Å²) in [7, 11) is 1.34. The maximum Gasteiger partial charge on any atom is 0.337 e. The van der Waals surface area contributed by atoms with Crippen LogP contribution in [-0.4, -0.2) is 13.1 Å². The van der Waals surface area contributed by atoms with E-state index < -0.39 is 0 Å². The van der Waals surface area contributed by atoms with Crippen molar-refractivity contribution in [1.29, 1.82) is 0 Å². The number of rotatable bonds is 5. The maximum atomic E-state index is 13.1. The Morgan fingerprint density at radius 1 is 1.03 bits per heavy atom. The third kappa shape index (κ3) is 4.18. The molecule has 156 valence electrons. The highest BCUT2D eigenvalue weighted by Crippen LogP contribution is 2.30. The van der Waals surface area contributed by atoms with Crippen LogP contribution < -0.4 is 10.2 Å². The first kappa shape index (κ1) is 20.7. The highest BCUT2D eigenvalue weighted by atomic mass is 35.5. The summed E-state index contributed by atoms with van der Waals surface area (Å²) in [6, 6.07) is 19.3. The fourth-order valence-corrected chi connectivity index (χ4v) is 3.60. The molecule has 0 unspecified atom stereocenters. The van der Waals surface area contributed by atoms with Crippen LogP contribution in [-0.2, 0) is 11.3 Å². The number of esters is 1. The van der Waals surface area contributed by atoms with Gasteiger partial charge < -0.3 is 13.9 Å². The third-order valence-corrected chi connectivity index (χ3v) is 5.29. The fourth-order valence-electron chi connectivity index (χ4n) is 3.37. The molecule has 0 N–H and O–H groups in total. The molecule has 1 heterocycles. The molecule has 0 aliphatic rings. The van der Waals surface area contributed by atoms with Crippen molar-refractivity contribution in [2.75, 3.05) is 7.11 Å². The molecular weight excluding hydrogens is 416 g/mol. The van der Waals surface area contributed by atoms with E-state index in [-0.39, 0.29) is 11.4 Å². The average molecular weight is 435 g/mol. The zero-order valence-corrected chi connectivity index (χ0v) is 17.7. The summed E-state index contributed by atoms with van der Waals surface area (Å²) in [6.45, 7) is 2.05. The van der Waals surface area contributed by atoms with E-state index in [0.29, 0.717) is 50.8 Å². The molecule has 0 amide bonds. The Labute approximate surface area is 183 Å². The molecule has 4 aromatic rings. The van der Waals surface area contributed by atoms with Gasteiger partial charge in [0.05, 0.1) is 23.6 Å². The summed E-state index contributed by atoms with van der Waals surface area (Å²) in [4.78, 5) is 24.6. The van der Waals surface area contributed by atoms with Crippen molar-refractivity contribution in [2.45, 2.75) is 13.5 Å². The topological polar surface area (TPSA) is 65.7 Å². The lowest BCUT2D eigenvalue weighted by Gasteiger charge is -2.10. The quantitative estimate of drug-likeness (QED) is 0.372. The molecule has 0 saturated heterocycles. The number of fused-ring (bicyclic) bond motifs is 1. The monoisotopic (exact) mass is 434 g/mol. The molecule has 0 aliphatic heterocycles. The maximum absolute atomic E-state index is 13.1. The van der Waals surface area contributed by atoms with E-state index in [0.717, 1.165) is 5.56 Å². The molecule has 4 rings (SSSR count). The van der Waals surface area contributed by atoms with Crippen LogP contribution in [0.1, 0.15) is 21.7 Å². The largest absolute Gasteiger partial charge is 0.489 e. The number of hydrogen-bond donors (Lipinski definition) is 0. The van der Waals surface area contributed by atoms with Crippen molar-refractivity contribution >= 4 is 28.5 Å². The number of carbonyl (C=O) groups excluding carboxylic acids is 1. The van der Waals surface area contributed by atoms with Gasteiger partial charge in [-0.1, -0.05) is 41.9 Å². The van der Waals surface area contributed by atoms with E-state index in [9.17, 15) is 9.59 Å². The van der Waals surface area contributed by atoms with Crippen molar-refractivity contribution in [3.63, 3.8) is 0 Å². The van der Waals surface area contributed by atoms with Gasteiger partial charge in [0.25, 0.3) is 0 Å². The summed E-state index contributed by atoms with van der Waals surface area (Å²) >= 11 is 6.29. The van der Waals surface area contributed by atoms with Gasteiger partial charge in [-0.2, -0.15) is 0 Å². The van der Waals surface area contributed by atoms with Crippen LogP contribution in [0.5, 0.6) is 5.75 Å². The van der Waals surface area contributed by atoms with E-state index in [1.165, 1.54) is 7.11 Å². The van der Waals surface area contributed by atoms with E-state index in [2.05, 4.69) is 0 Å². The minimum atomic E-state index is -0.386. The second-order valence-electron chi connectivity index (χ2n) is 6.98. The van der Waals surface area contributed by atoms with Crippen LogP contribution in [0.4, 0.5) is 0 Å². The SMILES string of the molecule is COC(=O)c1ccc(COc2ccc3c(=O)c(-c4ccccc4Cl)c(C)oc3c2)cc1. The van der Waals surface area contributed by atoms with E-state index in [4.69, 9.17) is 25.5 Å². The summed E-state index contributed by atoms with van der Waals surface area (Å²) < 4.78 is 16.5. The van der Waals surface area contributed by atoms with E-state index >= 15 is 0 Å². The zero-order chi connectivity index (χ0) is 22.0. The highest BCUT2D eigenvalue weighted by Gasteiger charge is 2.16. The smallest absolute Gasteiger partial charge is 0.337 e. The zero-order valence-electron chi connectivity index (χ0n) is 17.0. The van der Waals surface area contributed by atoms with Crippen LogP contribution >= 0.6 is 11.6 Å². The summed E-state index contributed by atoms with van der Waals surface area (Å²) in [5.74, 6) is 0.669. The second-order valence-corrected chi connectivity index (χ2v) is 7.38. The predicted molar refractivity (Wildman–Crippen MR) is 120 cm³/mol. The average Bonchev–Trinajstić information content (AvgIpc) is 2.78. The molecule has 5 nitrogen and oxygen atoms in total. The second kappa shape index (κ2) is 8.66. The van der Waals surface area contributed by atoms with Crippen LogP contribution in [0.25, 0.3) is 22.1 Å². The Hall–Kier alpha value is -3.57. The van der Waals surface area contributed by atoms with Crippen molar-refractivity contribution in [3.8, 4) is 16.9 Å². The Kier molecular flexibility index (Phi) is 5.78. The standard InChI is InChI=1S/C25H19ClO5/c1-15-23(19-5-3-4-6-21(19)26)24(27)20-12-11-18(13-22(20)31-15)30-14-16-7-9-17(10-8-16)25(28)29-2/h3-13H,14H2,1-2H3. The number of hydrogen-bond acceptors (Lipinski definition) is 5. The normalized spacial score (nSPS) is 10.8. The van der Waals surface area contributed by atoms with Crippen molar-refractivity contribution in [2.24, 2.45) is 0 Å². The number of ether oxygens (including phenoxy) is 2. The summed E-state index contributed by atoms with van der Waals surface area (Å²) in [5.41, 5.74) is 2.77. The first-order chi connectivity index (χ1) is 15.0. The minimum Gasteiger partial charge on any atom is -0.489 e. The third-order valence-electron chi connectivity index (χ3n) is 4.96. The van der Waals surface area contributed by atoms with Crippen molar-refractivity contribution in [1.82, 2.24) is 0 Å². The van der Waals surface area contributed by atoms with Crippen molar-refractivity contribution < 1.29 is 18.7 Å². The molecule has 0 fully saturated rings. The van der Waals surface area contributed by atoms with Crippen molar-refractivity contribution in [3.05, 3.63) is 98.9 Å². The Bertz CT molecular complexity index is 1320. The Morgan fingerprint density at radius 3 is 2.48 bits per heavy atom. The lowest BCUT2D eigenvalue weighted by atomic mass is 10.0. The van der Waals surface area contributed by atoms with Gasteiger partial charge in [0.15, 0.2) is 0 Å². The molecule has 0 aliphatic carbocycles. The Morgan fingerprint density at radius 2 is 1.77 bits per heavy atom. The summed E-state index contributed by atoms with van der Waals surface area (Å²) in [5, 5.41) is 0.950. The predicted octanol–water partition coefficient (Wildman–Crippen LogP) is 5.79. The number of methoxy groups -OCH3 is 1. The number of benzene rings is 3. The molecule has 0 radical (unpaired) electrons. The van der Waals surface area contributed by atoms with Gasteiger partial charge in [0, 0.05) is 16.7 Å². The van der Waals surface area contributed by atoms with Gasteiger partial charge >= 0.3 is 5.97 Å². The van der Waals surface area contributed by atoms with Gasteiger partial charge in [-0.3, -0.25) is 4.79 Å². The molecule has 6 heteroatoms. The molecule has 0 bridgehead atoms. The number of halogens is 1. The fraction of sp³-hybridized carbons (Fsp3) is 0.120.